The monoisotopic (exact) mass is 410 g/mol. The van der Waals surface area contributed by atoms with Crippen molar-refractivity contribution in [3.8, 4) is 0 Å². The summed E-state index contributed by atoms with van der Waals surface area (Å²) in [5.74, 6) is 1.37. The Balaban J connectivity index is 2.10. The molecule has 0 radical (unpaired) electrons. The van der Waals surface area contributed by atoms with Crippen LogP contribution in [0.3, 0.4) is 0 Å². The Bertz CT molecular complexity index is 532. The molecule has 0 N–H and O–H groups in total. The average Bonchev–Trinajstić information content (AvgIpc) is 3.16. The predicted molar refractivity (Wildman–Crippen MR) is 104 cm³/mol. The Kier molecular flexibility index (Phi) is 5.84. The van der Waals surface area contributed by atoms with Gasteiger partial charge in [0.25, 0.3) is 0 Å². The number of carbonyl (C=O) groups excluding carboxylic acids is 1. The Labute approximate surface area is 165 Å². The number of carbonyl (C=O) groups is 1. The van der Waals surface area contributed by atoms with Crippen LogP contribution in [0.15, 0.2) is 21.1 Å². The molecule has 0 heterocycles. The Morgan fingerprint density at radius 1 is 0.792 bits per heavy atom. The van der Waals surface area contributed by atoms with Gasteiger partial charge in [-0.25, -0.2) is 0 Å². The maximum Gasteiger partial charge on any atom is 0.139 e. The lowest BCUT2D eigenvalue weighted by atomic mass is 9.84. The van der Waals surface area contributed by atoms with E-state index in [2.05, 4.69) is 27.7 Å². The molecule has 0 bridgehead atoms. The fraction of sp³-hybridized carbons (Fsp3) is 0.737. The first-order valence-electron chi connectivity index (χ1n) is 8.42. The van der Waals surface area contributed by atoms with Crippen LogP contribution in [0.5, 0.6) is 0 Å². The van der Waals surface area contributed by atoms with Gasteiger partial charge in [0.1, 0.15) is 14.8 Å². The van der Waals surface area contributed by atoms with Crippen molar-refractivity contribution in [2.24, 2.45) is 46.3 Å². The van der Waals surface area contributed by atoms with E-state index in [0.29, 0.717) is 5.78 Å². The first kappa shape index (κ1) is 20.6. The SMILES string of the molecule is CC(C(=O)C(C)[C@H]1[C@H](C=C(Cl)Cl)C1(C)C)[C@H]1[C@H](C=C(Cl)Cl)C1(C)C. The first-order valence-corrected chi connectivity index (χ1v) is 9.94. The number of ketones is 1. The molecule has 0 spiro atoms. The van der Waals surface area contributed by atoms with E-state index in [0.717, 1.165) is 0 Å². The summed E-state index contributed by atoms with van der Waals surface area (Å²) in [4.78, 5) is 13.1. The average molecular weight is 412 g/mol. The molecule has 1 nitrogen and oxygen atoms in total. The van der Waals surface area contributed by atoms with Gasteiger partial charge in [-0.3, -0.25) is 4.79 Å². The van der Waals surface area contributed by atoms with Crippen LogP contribution in [0.4, 0.5) is 0 Å². The smallest absolute Gasteiger partial charge is 0.139 e. The Morgan fingerprint density at radius 2 is 1.08 bits per heavy atom. The van der Waals surface area contributed by atoms with Crippen LogP contribution in [0, 0.1) is 46.3 Å². The molecule has 2 rings (SSSR count). The number of hydrogen-bond donors (Lipinski definition) is 0. The molecule has 6 atom stereocenters. The number of Topliss-reactive ketones (excluding diaryl/α,β-unsaturated/α-hetero) is 1. The number of hydrogen-bond acceptors (Lipinski definition) is 1. The zero-order chi connectivity index (χ0) is 18.6. The van der Waals surface area contributed by atoms with Crippen molar-refractivity contribution < 1.29 is 4.79 Å². The highest BCUT2D eigenvalue weighted by molar-refractivity contribution is 6.56. The third-order valence-electron chi connectivity index (χ3n) is 6.58. The molecule has 5 heteroatoms. The summed E-state index contributed by atoms with van der Waals surface area (Å²) in [6, 6.07) is 0. The molecule has 2 unspecified atom stereocenters. The summed E-state index contributed by atoms with van der Waals surface area (Å²) in [6.07, 6.45) is 3.75. The fourth-order valence-electron chi connectivity index (χ4n) is 5.02. The minimum Gasteiger partial charge on any atom is -0.299 e. The van der Waals surface area contributed by atoms with Crippen molar-refractivity contribution in [2.45, 2.75) is 41.5 Å². The minimum absolute atomic E-state index is 0.0172. The zero-order valence-electron chi connectivity index (χ0n) is 15.0. The summed E-state index contributed by atoms with van der Waals surface area (Å²) in [5.41, 5.74) is 0.114. The second-order valence-corrected chi connectivity index (χ2v) is 10.7. The van der Waals surface area contributed by atoms with E-state index in [4.69, 9.17) is 46.4 Å². The van der Waals surface area contributed by atoms with Crippen LogP contribution in [-0.4, -0.2) is 5.78 Å². The normalized spacial score (nSPS) is 34.8. The summed E-state index contributed by atoms with van der Waals surface area (Å²) in [5, 5.41) is 0. The van der Waals surface area contributed by atoms with Gasteiger partial charge in [-0.15, -0.1) is 0 Å². The summed E-state index contributed by atoms with van der Waals surface area (Å²) in [6.45, 7) is 12.8. The molecule has 2 aliphatic rings. The van der Waals surface area contributed by atoms with Crippen LogP contribution in [0.25, 0.3) is 0 Å². The van der Waals surface area contributed by atoms with Crippen molar-refractivity contribution >= 4 is 52.2 Å². The molecule has 0 aromatic rings. The quantitative estimate of drug-likeness (QED) is 0.459. The van der Waals surface area contributed by atoms with Crippen LogP contribution in [0.2, 0.25) is 0 Å². The van der Waals surface area contributed by atoms with Gasteiger partial charge in [0.05, 0.1) is 0 Å². The molecule has 0 aromatic carbocycles. The molecule has 2 aliphatic carbocycles. The van der Waals surface area contributed by atoms with Gasteiger partial charge in [-0.1, -0.05) is 100 Å². The molecule has 0 aromatic heterocycles. The molecule has 2 fully saturated rings. The third kappa shape index (κ3) is 3.70. The van der Waals surface area contributed by atoms with E-state index < -0.39 is 0 Å². The largest absolute Gasteiger partial charge is 0.299 e. The third-order valence-corrected chi connectivity index (χ3v) is 7.08. The molecule has 0 amide bonds. The van der Waals surface area contributed by atoms with Crippen LogP contribution >= 0.6 is 46.4 Å². The Morgan fingerprint density at radius 3 is 1.33 bits per heavy atom. The van der Waals surface area contributed by atoms with E-state index in [9.17, 15) is 4.79 Å². The van der Waals surface area contributed by atoms with Crippen molar-refractivity contribution in [1.29, 1.82) is 0 Å². The van der Waals surface area contributed by atoms with E-state index in [-0.39, 0.29) is 55.3 Å². The summed E-state index contributed by atoms with van der Waals surface area (Å²) in [7, 11) is 0. The van der Waals surface area contributed by atoms with Crippen LogP contribution in [0.1, 0.15) is 41.5 Å². The van der Waals surface area contributed by atoms with Gasteiger partial charge in [-0.05, 0) is 34.5 Å². The van der Waals surface area contributed by atoms with Gasteiger partial charge < -0.3 is 0 Å². The van der Waals surface area contributed by atoms with Crippen molar-refractivity contribution in [1.82, 2.24) is 0 Å². The molecule has 24 heavy (non-hydrogen) atoms. The Hall–Kier alpha value is 0.310. The number of rotatable bonds is 6. The van der Waals surface area contributed by atoms with Gasteiger partial charge in [0, 0.05) is 11.8 Å². The van der Waals surface area contributed by atoms with Crippen molar-refractivity contribution in [2.75, 3.05) is 0 Å². The lowest BCUT2D eigenvalue weighted by molar-refractivity contribution is -0.127. The second kappa shape index (κ2) is 6.80. The van der Waals surface area contributed by atoms with Gasteiger partial charge in [-0.2, -0.15) is 0 Å². The van der Waals surface area contributed by atoms with Crippen LogP contribution in [-0.2, 0) is 4.79 Å². The van der Waals surface area contributed by atoms with Gasteiger partial charge >= 0.3 is 0 Å². The van der Waals surface area contributed by atoms with Gasteiger partial charge in [0.15, 0.2) is 0 Å². The highest BCUT2D eigenvalue weighted by atomic mass is 35.5. The molecule has 0 saturated heterocycles. The molecule has 0 aliphatic heterocycles. The number of allylic oxidation sites excluding steroid dienone is 2. The van der Waals surface area contributed by atoms with E-state index in [1.54, 1.807) is 0 Å². The standard InChI is InChI=1S/C19H26Cl4O/c1-9(15-11(7-13(20)21)18(15,3)4)17(24)10(2)16-12(8-14(22)23)19(16,5)6/h7-12,15-16H,1-6H3/t9?,10?,11-,12-,15-,16-/m0/s1. The second-order valence-electron chi connectivity index (χ2n) is 8.64. The van der Waals surface area contributed by atoms with Crippen molar-refractivity contribution in [3.05, 3.63) is 21.1 Å². The van der Waals surface area contributed by atoms with Crippen LogP contribution < -0.4 is 0 Å². The maximum atomic E-state index is 13.1. The lowest BCUT2D eigenvalue weighted by Crippen LogP contribution is -2.25. The molecular weight excluding hydrogens is 386 g/mol. The van der Waals surface area contributed by atoms with E-state index in [1.165, 1.54) is 0 Å². The van der Waals surface area contributed by atoms with Gasteiger partial charge in [0.2, 0.25) is 0 Å². The lowest BCUT2D eigenvalue weighted by Gasteiger charge is -2.18. The number of halogens is 4. The van der Waals surface area contributed by atoms with E-state index >= 15 is 0 Å². The minimum atomic E-state index is -0.0172. The molecule has 136 valence electrons. The fourth-order valence-corrected chi connectivity index (χ4v) is 5.57. The predicted octanol–water partition coefficient (Wildman–Crippen LogP) is 7.01. The zero-order valence-corrected chi connectivity index (χ0v) is 18.1. The topological polar surface area (TPSA) is 17.1 Å². The highest BCUT2D eigenvalue weighted by Gasteiger charge is 2.63. The van der Waals surface area contributed by atoms with Crippen molar-refractivity contribution in [3.63, 3.8) is 0 Å². The highest BCUT2D eigenvalue weighted by Crippen LogP contribution is 2.66. The molecular formula is C19H26Cl4O. The summed E-state index contributed by atoms with van der Waals surface area (Å²) < 4.78 is 0.571. The molecule has 2 saturated carbocycles. The van der Waals surface area contributed by atoms with E-state index in [1.807, 2.05) is 26.0 Å². The first-order chi connectivity index (χ1) is 10.8. The summed E-state index contributed by atoms with van der Waals surface area (Å²) >= 11 is 23.3. The maximum absolute atomic E-state index is 13.1.